The third kappa shape index (κ3) is 8.08. The molecule has 15 heteroatoms. The van der Waals surface area contributed by atoms with Gasteiger partial charge >= 0.3 is 12.1 Å². The van der Waals surface area contributed by atoms with Crippen LogP contribution in [0, 0.1) is 5.82 Å². The molecule has 3 aromatic rings. The Balaban J connectivity index is 0.000000559. The van der Waals surface area contributed by atoms with Gasteiger partial charge in [-0.2, -0.15) is 18.2 Å². The maximum atomic E-state index is 13.9. The number of hydrogen-bond acceptors (Lipinski definition) is 8. The van der Waals surface area contributed by atoms with Gasteiger partial charge in [0.25, 0.3) is 0 Å². The molecule has 2 atom stereocenters. The van der Waals surface area contributed by atoms with E-state index in [-0.39, 0.29) is 41.3 Å². The molecule has 4 rings (SSSR count). The molecule has 1 fully saturated rings. The summed E-state index contributed by atoms with van der Waals surface area (Å²) >= 11 is 0. The number of carboxylic acids is 1. The molecule has 10 nitrogen and oxygen atoms in total. The monoisotopic (exact) mass is 586 g/mol. The van der Waals surface area contributed by atoms with E-state index in [4.69, 9.17) is 20.2 Å². The van der Waals surface area contributed by atoms with Gasteiger partial charge in [-0.25, -0.2) is 17.6 Å². The zero-order valence-electron chi connectivity index (χ0n) is 21.1. The molecule has 1 aliphatic heterocycles. The summed E-state index contributed by atoms with van der Waals surface area (Å²) in [5, 5.41) is 11.1. The Morgan fingerprint density at radius 2 is 1.88 bits per heavy atom. The van der Waals surface area contributed by atoms with E-state index in [0.29, 0.717) is 30.0 Å². The van der Waals surface area contributed by atoms with Gasteiger partial charge in [0.15, 0.2) is 9.84 Å². The average Bonchev–Trinajstić information content (AvgIpc) is 3.55. The fourth-order valence-corrected chi connectivity index (χ4v) is 4.70. The zero-order valence-corrected chi connectivity index (χ0v) is 22.0. The molecule has 0 radical (unpaired) electrons. The quantitative estimate of drug-likeness (QED) is 0.395. The Morgan fingerprint density at radius 3 is 2.50 bits per heavy atom. The third-order valence-electron chi connectivity index (χ3n) is 5.94. The summed E-state index contributed by atoms with van der Waals surface area (Å²) in [4.78, 5) is 28.1. The molecule has 1 saturated heterocycles. The number of likely N-dealkylation sites (tertiary alicyclic amines) is 1. The molecule has 1 aromatic heterocycles. The van der Waals surface area contributed by atoms with Crippen molar-refractivity contribution in [2.75, 3.05) is 12.8 Å². The predicted octanol–water partition coefficient (Wildman–Crippen LogP) is 3.54. The molecule has 40 heavy (non-hydrogen) atoms. The SMILES string of the molecule is CS(=O)(=O)c1cccc(-c2noc([C@@H]3CCCN3C(=O)C[C@H](N)Cc3ccccc3F)n2)c1.O=C(O)C(F)(F)F. The van der Waals surface area contributed by atoms with Gasteiger partial charge in [-0.1, -0.05) is 35.5 Å². The lowest BCUT2D eigenvalue weighted by atomic mass is 10.0. The Morgan fingerprint density at radius 1 is 1.20 bits per heavy atom. The number of carbonyl (C=O) groups is 2. The van der Waals surface area contributed by atoms with E-state index >= 15 is 0 Å². The van der Waals surface area contributed by atoms with Crippen LogP contribution in [0.1, 0.15) is 36.8 Å². The Hall–Kier alpha value is -3.85. The topological polar surface area (TPSA) is 157 Å². The standard InChI is InChI=1S/C23H25FN4O4S.C2HF3O2/c1-33(30,31)18-8-4-7-16(13-18)22-26-23(32-27-22)20-10-5-11-28(20)21(29)14-17(25)12-15-6-2-3-9-19(15)24;3-2(4,5)1(6)7/h2-4,6-9,13,17,20H,5,10-12,14,25H2,1H3;(H,6,7)/t17-,20+;/m1./s1. The fourth-order valence-electron chi connectivity index (χ4n) is 4.04. The lowest BCUT2D eigenvalue weighted by Crippen LogP contribution is -2.36. The normalized spacial score (nSPS) is 16.2. The van der Waals surface area contributed by atoms with Crippen LogP contribution in [0.2, 0.25) is 0 Å². The Bertz CT molecular complexity index is 1460. The first kappa shape index (κ1) is 30.7. The van der Waals surface area contributed by atoms with Crippen molar-refractivity contribution in [3.8, 4) is 11.4 Å². The number of aromatic nitrogens is 2. The number of nitrogens with two attached hydrogens (primary N) is 1. The highest BCUT2D eigenvalue weighted by atomic mass is 32.2. The van der Waals surface area contributed by atoms with Crippen molar-refractivity contribution in [1.82, 2.24) is 15.0 Å². The summed E-state index contributed by atoms with van der Waals surface area (Å²) < 4.78 is 74.7. The second kappa shape index (κ2) is 12.6. The van der Waals surface area contributed by atoms with Crippen LogP contribution in [0.3, 0.4) is 0 Å². The molecule has 1 aliphatic rings. The van der Waals surface area contributed by atoms with Crippen LogP contribution in [0.15, 0.2) is 57.9 Å². The number of carbonyl (C=O) groups excluding carboxylic acids is 1. The number of benzene rings is 2. The number of hydrogen-bond donors (Lipinski definition) is 2. The molecule has 0 bridgehead atoms. The molecule has 3 N–H and O–H groups in total. The summed E-state index contributed by atoms with van der Waals surface area (Å²) in [6.45, 7) is 0.539. The minimum absolute atomic E-state index is 0.0717. The number of amides is 1. The fraction of sp³-hybridized carbons (Fsp3) is 0.360. The second-order valence-corrected chi connectivity index (χ2v) is 11.1. The number of rotatable bonds is 7. The van der Waals surface area contributed by atoms with Crippen LogP contribution < -0.4 is 5.73 Å². The summed E-state index contributed by atoms with van der Waals surface area (Å²) in [6.07, 6.45) is -2.17. The lowest BCUT2D eigenvalue weighted by Gasteiger charge is -2.23. The van der Waals surface area contributed by atoms with Crippen LogP contribution in [0.5, 0.6) is 0 Å². The number of carboxylic acid groups (broad SMARTS) is 1. The summed E-state index contributed by atoms with van der Waals surface area (Å²) in [5.41, 5.74) is 7.13. The van der Waals surface area contributed by atoms with Crippen molar-refractivity contribution < 1.29 is 45.2 Å². The maximum Gasteiger partial charge on any atom is 0.490 e. The minimum atomic E-state index is -5.08. The first-order chi connectivity index (χ1) is 18.7. The molecule has 2 aromatic carbocycles. The second-order valence-electron chi connectivity index (χ2n) is 9.06. The average molecular weight is 587 g/mol. The summed E-state index contributed by atoms with van der Waals surface area (Å²) in [6, 6.07) is 11.8. The van der Waals surface area contributed by atoms with Gasteiger partial charge in [0.1, 0.15) is 11.9 Å². The maximum absolute atomic E-state index is 13.9. The number of halogens is 4. The molecule has 0 spiro atoms. The van der Waals surface area contributed by atoms with E-state index in [1.807, 2.05) is 0 Å². The van der Waals surface area contributed by atoms with Gasteiger partial charge in [0.05, 0.1) is 4.90 Å². The van der Waals surface area contributed by atoms with Gasteiger partial charge in [0.2, 0.25) is 17.6 Å². The van der Waals surface area contributed by atoms with Gasteiger partial charge in [0, 0.05) is 30.8 Å². The molecule has 1 amide bonds. The van der Waals surface area contributed by atoms with E-state index in [1.165, 1.54) is 18.2 Å². The van der Waals surface area contributed by atoms with E-state index in [9.17, 15) is 30.8 Å². The van der Waals surface area contributed by atoms with E-state index in [0.717, 1.165) is 12.7 Å². The number of nitrogens with zero attached hydrogens (tertiary/aromatic N) is 3. The van der Waals surface area contributed by atoms with Crippen LogP contribution >= 0.6 is 0 Å². The Kier molecular flexibility index (Phi) is 9.63. The van der Waals surface area contributed by atoms with Crippen molar-refractivity contribution in [2.24, 2.45) is 5.73 Å². The van der Waals surface area contributed by atoms with Crippen molar-refractivity contribution in [3.05, 3.63) is 65.8 Å². The first-order valence-electron chi connectivity index (χ1n) is 11.9. The van der Waals surface area contributed by atoms with E-state index < -0.39 is 28.0 Å². The summed E-state index contributed by atoms with van der Waals surface area (Å²) in [7, 11) is -3.37. The van der Waals surface area contributed by atoms with Crippen LogP contribution in [-0.2, 0) is 25.8 Å². The van der Waals surface area contributed by atoms with Gasteiger partial charge in [-0.05, 0) is 43.0 Å². The molecule has 0 unspecified atom stereocenters. The summed E-state index contributed by atoms with van der Waals surface area (Å²) in [5.74, 6) is -2.69. The van der Waals surface area contributed by atoms with Gasteiger partial charge in [-0.3, -0.25) is 4.79 Å². The predicted molar refractivity (Wildman–Crippen MR) is 133 cm³/mol. The first-order valence-corrected chi connectivity index (χ1v) is 13.8. The van der Waals surface area contributed by atoms with Crippen molar-refractivity contribution in [1.29, 1.82) is 0 Å². The molecule has 0 saturated carbocycles. The highest BCUT2D eigenvalue weighted by Gasteiger charge is 2.38. The lowest BCUT2D eigenvalue weighted by molar-refractivity contribution is -0.192. The highest BCUT2D eigenvalue weighted by Crippen LogP contribution is 2.33. The van der Waals surface area contributed by atoms with Gasteiger partial charge < -0.3 is 20.3 Å². The smallest absolute Gasteiger partial charge is 0.475 e. The van der Waals surface area contributed by atoms with Crippen molar-refractivity contribution >= 4 is 21.7 Å². The molecule has 0 aliphatic carbocycles. The minimum Gasteiger partial charge on any atom is -0.475 e. The highest BCUT2D eigenvalue weighted by molar-refractivity contribution is 7.90. The largest absolute Gasteiger partial charge is 0.490 e. The van der Waals surface area contributed by atoms with E-state index in [2.05, 4.69) is 10.1 Å². The molecule has 2 heterocycles. The van der Waals surface area contributed by atoms with E-state index in [1.54, 1.807) is 35.2 Å². The third-order valence-corrected chi connectivity index (χ3v) is 7.05. The molecular formula is C25H26F4N4O6S. The van der Waals surface area contributed by atoms with Crippen LogP contribution in [0.4, 0.5) is 17.6 Å². The van der Waals surface area contributed by atoms with Crippen molar-refractivity contribution in [2.45, 2.75) is 48.8 Å². The van der Waals surface area contributed by atoms with Crippen LogP contribution in [-0.4, -0.2) is 65.5 Å². The van der Waals surface area contributed by atoms with Gasteiger partial charge in [-0.15, -0.1) is 0 Å². The van der Waals surface area contributed by atoms with Crippen LogP contribution in [0.25, 0.3) is 11.4 Å². The molecular weight excluding hydrogens is 560 g/mol. The number of aliphatic carboxylic acids is 1. The zero-order chi connectivity index (χ0) is 29.7. The Labute approximate surface area is 226 Å². The molecule has 216 valence electrons. The number of sulfone groups is 1. The van der Waals surface area contributed by atoms with Crippen molar-refractivity contribution in [3.63, 3.8) is 0 Å². The number of alkyl halides is 3.